The molecule has 1 aliphatic heterocycles. The molecule has 1 saturated heterocycles. The van der Waals surface area contributed by atoms with E-state index < -0.39 is 18.1 Å². The number of rotatable bonds is 6. The molecule has 0 saturated carbocycles. The van der Waals surface area contributed by atoms with Crippen LogP contribution in [0.15, 0.2) is 55.2 Å². The molecule has 1 aromatic carbocycles. The van der Waals surface area contributed by atoms with Crippen molar-refractivity contribution < 1.29 is 23.4 Å². The van der Waals surface area contributed by atoms with Crippen LogP contribution >= 0.6 is 0 Å². The third-order valence-corrected chi connectivity index (χ3v) is 4.87. The van der Waals surface area contributed by atoms with Crippen LogP contribution in [0.1, 0.15) is 23.7 Å². The van der Waals surface area contributed by atoms with Crippen molar-refractivity contribution in [1.29, 1.82) is 0 Å². The number of pyridine rings is 1. The van der Waals surface area contributed by atoms with Gasteiger partial charge in [-0.15, -0.1) is 0 Å². The van der Waals surface area contributed by atoms with E-state index in [1.807, 2.05) is 4.90 Å². The first-order chi connectivity index (χ1) is 15.3. The number of ether oxygens (including phenoxy) is 1. The van der Waals surface area contributed by atoms with Gasteiger partial charge >= 0.3 is 6.11 Å². The van der Waals surface area contributed by atoms with Gasteiger partial charge in [0.25, 0.3) is 5.91 Å². The van der Waals surface area contributed by atoms with Gasteiger partial charge in [0, 0.05) is 55.4 Å². The van der Waals surface area contributed by atoms with Crippen LogP contribution in [0.5, 0.6) is 5.75 Å². The molecule has 10 heteroatoms. The summed E-state index contributed by atoms with van der Waals surface area (Å²) in [7, 11) is 0. The first-order valence-corrected chi connectivity index (χ1v) is 9.95. The Labute approximate surface area is 182 Å². The molecule has 8 nitrogen and oxygen atoms in total. The zero-order valence-electron chi connectivity index (χ0n) is 17.2. The summed E-state index contributed by atoms with van der Waals surface area (Å²) in [4.78, 5) is 27.3. The summed E-state index contributed by atoms with van der Waals surface area (Å²) in [5, 5.41) is 12.6. The number of nitrogens with zero attached hydrogens (tertiary/aromatic N) is 4. The van der Waals surface area contributed by atoms with Crippen molar-refractivity contribution in [3.05, 3.63) is 60.8 Å². The molecular weight excluding hydrogens is 420 g/mol. The number of nitrogens with one attached hydrogen (secondary N) is 1. The highest BCUT2D eigenvalue weighted by atomic mass is 19.3. The molecule has 0 spiro atoms. The lowest BCUT2D eigenvalue weighted by atomic mass is 10.1. The second-order valence-electron chi connectivity index (χ2n) is 7.50. The van der Waals surface area contributed by atoms with E-state index in [0.29, 0.717) is 54.6 Å². The van der Waals surface area contributed by atoms with Gasteiger partial charge in [-0.25, -0.2) is 15.0 Å². The molecule has 0 bridgehead atoms. The lowest BCUT2D eigenvalue weighted by Crippen LogP contribution is -2.23. The van der Waals surface area contributed by atoms with Gasteiger partial charge in [-0.2, -0.15) is 8.78 Å². The number of hydrogen-bond donors (Lipinski definition) is 2. The molecule has 4 rings (SSSR count). The summed E-state index contributed by atoms with van der Waals surface area (Å²) in [6.45, 7) is 1.74. The highest BCUT2D eigenvalue weighted by Crippen LogP contribution is 2.31. The van der Waals surface area contributed by atoms with Crippen molar-refractivity contribution in [2.45, 2.75) is 25.6 Å². The molecule has 32 heavy (non-hydrogen) atoms. The Morgan fingerprint density at radius 1 is 1.22 bits per heavy atom. The zero-order valence-corrected chi connectivity index (χ0v) is 17.2. The Bertz CT molecular complexity index is 1090. The maximum absolute atomic E-state index is 13.0. The average Bonchev–Trinajstić information content (AvgIpc) is 3.20. The van der Waals surface area contributed by atoms with Gasteiger partial charge in [0.2, 0.25) is 0 Å². The first-order valence-electron chi connectivity index (χ1n) is 9.95. The minimum Gasteiger partial charge on any atom is -0.433 e. The van der Waals surface area contributed by atoms with Gasteiger partial charge < -0.3 is 20.1 Å². The van der Waals surface area contributed by atoms with E-state index in [1.54, 1.807) is 18.5 Å². The molecule has 3 aromatic rings. The summed E-state index contributed by atoms with van der Waals surface area (Å²) in [6.07, 6.45) is 3.04. The lowest BCUT2D eigenvalue weighted by Gasteiger charge is -2.20. The Balaban J connectivity index is 1.57. The highest BCUT2D eigenvalue weighted by molar-refractivity contribution is 6.05. The van der Waals surface area contributed by atoms with E-state index in [1.165, 1.54) is 36.8 Å². The number of aromatic nitrogens is 3. The van der Waals surface area contributed by atoms with Crippen LogP contribution in [0, 0.1) is 0 Å². The average molecular weight is 441 g/mol. The van der Waals surface area contributed by atoms with Gasteiger partial charge in [0.15, 0.2) is 0 Å². The van der Waals surface area contributed by atoms with Crippen LogP contribution in [-0.2, 0) is 0 Å². The Hall–Kier alpha value is -3.66. The topological polar surface area (TPSA) is 100 Å². The molecule has 3 heterocycles. The van der Waals surface area contributed by atoms with Gasteiger partial charge in [-0.3, -0.25) is 4.79 Å². The summed E-state index contributed by atoms with van der Waals surface area (Å²) in [6, 6.07) is 7.33. The van der Waals surface area contributed by atoms with Crippen LogP contribution in [0.2, 0.25) is 0 Å². The van der Waals surface area contributed by atoms with Crippen molar-refractivity contribution >= 4 is 17.4 Å². The first kappa shape index (κ1) is 21.6. The van der Waals surface area contributed by atoms with Crippen molar-refractivity contribution in [1.82, 2.24) is 15.0 Å². The van der Waals surface area contributed by atoms with Gasteiger partial charge in [-0.1, -0.05) is 0 Å². The van der Waals surface area contributed by atoms with Crippen molar-refractivity contribution in [2.75, 3.05) is 23.3 Å². The third kappa shape index (κ3) is 5.14. The van der Waals surface area contributed by atoms with E-state index in [4.69, 9.17) is 0 Å². The standard InChI is InChI=1S/C22H21F2N5O3/c1-22(23,24)32-18-4-2-16(3-5-18)28-21(31)14-8-19(15-9-25-13-26-10-15)20(27-11-14)29-7-6-17(30)12-29/h2-5,8-11,13,17,30H,6-7,12H2,1H3,(H,28,31). The number of anilines is 2. The maximum Gasteiger partial charge on any atom is 0.394 e. The quantitative estimate of drug-likeness (QED) is 0.605. The molecule has 1 fully saturated rings. The number of amides is 1. The largest absolute Gasteiger partial charge is 0.433 e. The number of alkyl halides is 2. The van der Waals surface area contributed by atoms with Crippen LogP contribution in [0.4, 0.5) is 20.3 Å². The van der Waals surface area contributed by atoms with Crippen molar-refractivity contribution in [3.8, 4) is 16.9 Å². The minimum atomic E-state index is -3.29. The Morgan fingerprint density at radius 2 is 1.94 bits per heavy atom. The minimum absolute atomic E-state index is 0.0133. The molecule has 0 radical (unpaired) electrons. The highest BCUT2D eigenvalue weighted by Gasteiger charge is 2.25. The van der Waals surface area contributed by atoms with Crippen molar-refractivity contribution in [2.24, 2.45) is 0 Å². The fourth-order valence-electron chi connectivity index (χ4n) is 3.44. The molecule has 0 aliphatic carbocycles. The molecule has 1 unspecified atom stereocenters. The molecule has 1 aliphatic rings. The number of halogens is 2. The number of hydrogen-bond acceptors (Lipinski definition) is 7. The van der Waals surface area contributed by atoms with E-state index in [-0.39, 0.29) is 5.75 Å². The summed E-state index contributed by atoms with van der Waals surface area (Å²) >= 11 is 0. The monoisotopic (exact) mass is 441 g/mol. The van der Waals surface area contributed by atoms with Crippen molar-refractivity contribution in [3.63, 3.8) is 0 Å². The number of carbonyl (C=O) groups excluding carboxylic acids is 1. The molecular formula is C22H21F2N5O3. The van der Waals surface area contributed by atoms with Gasteiger partial charge in [-0.05, 0) is 36.8 Å². The van der Waals surface area contributed by atoms with E-state index in [0.717, 1.165) is 0 Å². The van der Waals surface area contributed by atoms with Crippen LogP contribution in [-0.4, -0.2) is 51.3 Å². The predicted molar refractivity (Wildman–Crippen MR) is 114 cm³/mol. The fourth-order valence-corrected chi connectivity index (χ4v) is 3.44. The smallest absolute Gasteiger partial charge is 0.394 e. The number of carbonyl (C=O) groups is 1. The molecule has 1 amide bonds. The Kier molecular flexibility index (Phi) is 5.95. The summed E-state index contributed by atoms with van der Waals surface area (Å²) in [5.74, 6) is 0.202. The van der Waals surface area contributed by atoms with Gasteiger partial charge in [0.05, 0.1) is 11.7 Å². The van der Waals surface area contributed by atoms with Crippen LogP contribution in [0.3, 0.4) is 0 Å². The lowest BCUT2D eigenvalue weighted by molar-refractivity contribution is -0.158. The fraction of sp³-hybridized carbons (Fsp3) is 0.273. The second kappa shape index (κ2) is 8.83. The van der Waals surface area contributed by atoms with E-state index in [9.17, 15) is 18.7 Å². The molecule has 2 aromatic heterocycles. The second-order valence-corrected chi connectivity index (χ2v) is 7.50. The van der Waals surface area contributed by atoms with E-state index in [2.05, 4.69) is 25.0 Å². The van der Waals surface area contributed by atoms with Crippen LogP contribution in [0.25, 0.3) is 11.1 Å². The predicted octanol–water partition coefficient (Wildman–Crippen LogP) is 3.35. The Morgan fingerprint density at radius 3 is 2.56 bits per heavy atom. The molecule has 2 N–H and O–H groups in total. The summed E-state index contributed by atoms with van der Waals surface area (Å²) < 4.78 is 30.4. The zero-order chi connectivity index (χ0) is 22.7. The normalized spacial score (nSPS) is 16.1. The number of benzene rings is 1. The van der Waals surface area contributed by atoms with E-state index >= 15 is 0 Å². The van der Waals surface area contributed by atoms with Crippen LogP contribution < -0.4 is 15.0 Å². The SMILES string of the molecule is CC(F)(F)Oc1ccc(NC(=O)c2cnc(N3CCC(O)C3)c(-c3cncnc3)c2)cc1. The number of aliphatic hydroxyl groups excluding tert-OH is 1. The maximum atomic E-state index is 13.0. The number of aliphatic hydroxyl groups is 1. The molecule has 166 valence electrons. The third-order valence-electron chi connectivity index (χ3n) is 4.87. The van der Waals surface area contributed by atoms with Gasteiger partial charge in [0.1, 0.15) is 17.9 Å². The summed E-state index contributed by atoms with van der Waals surface area (Å²) in [5.41, 5.74) is 2.07. The number of β-amino-alcohol motifs (C(OH)–C–C–N with tert-alkyl or cyclic N) is 1. The molecule has 1 atom stereocenters.